The molecule has 0 aliphatic rings. The summed E-state index contributed by atoms with van der Waals surface area (Å²) >= 11 is 7.53. The predicted molar refractivity (Wildman–Crippen MR) is 74.3 cm³/mol. The second kappa shape index (κ2) is 4.72. The molecule has 0 saturated carbocycles. The average Bonchev–Trinajstić information content (AvgIpc) is 2.91. The molecule has 2 aromatic heterocycles. The fourth-order valence-electron chi connectivity index (χ4n) is 2.01. The van der Waals surface area contributed by atoms with Gasteiger partial charge in [-0.1, -0.05) is 23.7 Å². The van der Waals surface area contributed by atoms with E-state index in [4.69, 9.17) is 16.7 Å². The zero-order valence-corrected chi connectivity index (χ0v) is 11.1. The van der Waals surface area contributed by atoms with Gasteiger partial charge in [0.05, 0.1) is 5.69 Å². The Balaban J connectivity index is 2.21. The van der Waals surface area contributed by atoms with Crippen molar-refractivity contribution in [2.75, 3.05) is 6.61 Å². The van der Waals surface area contributed by atoms with E-state index in [1.807, 2.05) is 30.5 Å². The number of hydrogen-bond acceptors (Lipinski definition) is 3. The smallest absolute Gasteiger partial charge is 0.194 e. The molecule has 0 spiro atoms. The van der Waals surface area contributed by atoms with Crippen LogP contribution in [0, 0.1) is 0 Å². The highest BCUT2D eigenvalue weighted by atomic mass is 35.5. The monoisotopic (exact) mass is 278 g/mol. The number of aliphatic hydroxyl groups excluding tert-OH is 1. The number of aromatic nitrogens is 2. The van der Waals surface area contributed by atoms with Gasteiger partial charge in [0.25, 0.3) is 0 Å². The molecule has 0 aliphatic heterocycles. The molecule has 0 amide bonds. The number of rotatable bonds is 3. The Morgan fingerprint density at radius 3 is 2.78 bits per heavy atom. The molecular formula is C13H11ClN2OS. The molecule has 0 aliphatic carbocycles. The molecule has 0 bridgehead atoms. The lowest BCUT2D eigenvalue weighted by molar-refractivity contribution is 0.300. The van der Waals surface area contributed by atoms with Crippen molar-refractivity contribution in [3.05, 3.63) is 46.6 Å². The fourth-order valence-corrected chi connectivity index (χ4v) is 3.22. The molecule has 3 rings (SSSR count). The van der Waals surface area contributed by atoms with E-state index in [0.29, 0.717) is 6.42 Å². The third-order valence-electron chi connectivity index (χ3n) is 2.78. The summed E-state index contributed by atoms with van der Waals surface area (Å²) in [4.78, 5) is 6.39. The minimum absolute atomic E-state index is 0.143. The van der Waals surface area contributed by atoms with Gasteiger partial charge in [0.2, 0.25) is 0 Å². The molecule has 0 radical (unpaired) electrons. The molecule has 1 aromatic carbocycles. The second-order valence-electron chi connectivity index (χ2n) is 3.93. The van der Waals surface area contributed by atoms with Crippen molar-refractivity contribution in [3.8, 4) is 11.3 Å². The van der Waals surface area contributed by atoms with Crippen LogP contribution in [0.3, 0.4) is 0 Å². The molecule has 0 atom stereocenters. The number of thiazole rings is 1. The van der Waals surface area contributed by atoms with E-state index in [2.05, 4.69) is 9.38 Å². The number of hydrogen-bond donors (Lipinski definition) is 1. The Hall–Kier alpha value is -1.36. The highest BCUT2D eigenvalue weighted by molar-refractivity contribution is 7.17. The van der Waals surface area contributed by atoms with Crippen molar-refractivity contribution in [2.45, 2.75) is 6.42 Å². The average molecular weight is 279 g/mol. The first-order valence-corrected chi connectivity index (χ1v) is 6.80. The standard InChI is InChI=1S/C13H11ClN2OS/c14-10-3-1-9(2-4-10)12-11(5-8-17)18-13-15-6-7-16(12)13/h1-4,6-7,17H,5,8H2. The lowest BCUT2D eigenvalue weighted by Crippen LogP contribution is -1.93. The Bertz CT molecular complexity index is 672. The molecule has 0 saturated heterocycles. The topological polar surface area (TPSA) is 37.5 Å². The summed E-state index contributed by atoms with van der Waals surface area (Å²) in [6, 6.07) is 7.73. The molecule has 3 nitrogen and oxygen atoms in total. The van der Waals surface area contributed by atoms with Crippen LogP contribution < -0.4 is 0 Å². The van der Waals surface area contributed by atoms with Crippen LogP contribution in [-0.2, 0) is 6.42 Å². The largest absolute Gasteiger partial charge is 0.396 e. The molecule has 18 heavy (non-hydrogen) atoms. The minimum Gasteiger partial charge on any atom is -0.396 e. The van der Waals surface area contributed by atoms with Gasteiger partial charge in [-0.3, -0.25) is 4.40 Å². The van der Waals surface area contributed by atoms with Crippen molar-refractivity contribution < 1.29 is 5.11 Å². The van der Waals surface area contributed by atoms with Crippen molar-refractivity contribution in [1.29, 1.82) is 0 Å². The summed E-state index contributed by atoms with van der Waals surface area (Å²) in [7, 11) is 0. The van der Waals surface area contributed by atoms with E-state index in [9.17, 15) is 0 Å². The predicted octanol–water partition coefficient (Wildman–Crippen LogP) is 3.25. The van der Waals surface area contributed by atoms with E-state index < -0.39 is 0 Å². The van der Waals surface area contributed by atoms with Gasteiger partial charge >= 0.3 is 0 Å². The van der Waals surface area contributed by atoms with E-state index in [-0.39, 0.29) is 6.61 Å². The van der Waals surface area contributed by atoms with Gasteiger partial charge in [-0.25, -0.2) is 4.98 Å². The second-order valence-corrected chi connectivity index (χ2v) is 5.43. The van der Waals surface area contributed by atoms with Crippen LogP contribution in [0.15, 0.2) is 36.7 Å². The highest BCUT2D eigenvalue weighted by Crippen LogP contribution is 2.32. The van der Waals surface area contributed by atoms with E-state index >= 15 is 0 Å². The van der Waals surface area contributed by atoms with Crippen LogP contribution >= 0.6 is 22.9 Å². The van der Waals surface area contributed by atoms with Gasteiger partial charge in [-0.05, 0) is 17.7 Å². The molecule has 2 heterocycles. The van der Waals surface area contributed by atoms with E-state index in [0.717, 1.165) is 26.1 Å². The lowest BCUT2D eigenvalue weighted by atomic mass is 10.1. The van der Waals surface area contributed by atoms with Crippen molar-refractivity contribution in [1.82, 2.24) is 9.38 Å². The van der Waals surface area contributed by atoms with Crippen LogP contribution in [0.1, 0.15) is 4.88 Å². The number of halogens is 1. The maximum atomic E-state index is 9.15. The quantitative estimate of drug-likeness (QED) is 0.798. The molecule has 92 valence electrons. The van der Waals surface area contributed by atoms with Gasteiger partial charge in [0, 0.05) is 35.3 Å². The molecule has 1 N–H and O–H groups in total. The summed E-state index contributed by atoms with van der Waals surface area (Å²) in [5.74, 6) is 0. The number of benzene rings is 1. The van der Waals surface area contributed by atoms with Crippen LogP contribution in [0.5, 0.6) is 0 Å². The highest BCUT2D eigenvalue weighted by Gasteiger charge is 2.13. The van der Waals surface area contributed by atoms with Gasteiger partial charge in [0.1, 0.15) is 0 Å². The van der Waals surface area contributed by atoms with Gasteiger partial charge < -0.3 is 5.11 Å². The number of fused-ring (bicyclic) bond motifs is 1. The first kappa shape index (κ1) is 11.7. The fraction of sp³-hybridized carbons (Fsp3) is 0.154. The SMILES string of the molecule is OCCc1sc2nccn2c1-c1ccc(Cl)cc1. The maximum absolute atomic E-state index is 9.15. The third-order valence-corrected chi connectivity index (χ3v) is 4.16. The number of aliphatic hydroxyl groups is 1. The normalized spacial score (nSPS) is 11.2. The third kappa shape index (κ3) is 1.92. The molecule has 0 unspecified atom stereocenters. The Morgan fingerprint density at radius 1 is 1.28 bits per heavy atom. The summed E-state index contributed by atoms with van der Waals surface area (Å²) in [6.07, 6.45) is 4.37. The Labute approximate surface area is 113 Å². The molecular weight excluding hydrogens is 268 g/mol. The summed E-state index contributed by atoms with van der Waals surface area (Å²) in [6.45, 7) is 0.143. The van der Waals surface area contributed by atoms with Gasteiger partial charge in [-0.2, -0.15) is 0 Å². The van der Waals surface area contributed by atoms with Crippen molar-refractivity contribution in [3.63, 3.8) is 0 Å². The van der Waals surface area contributed by atoms with Crippen LogP contribution in [0.25, 0.3) is 16.2 Å². The summed E-state index contributed by atoms with van der Waals surface area (Å²) < 4.78 is 2.05. The van der Waals surface area contributed by atoms with Crippen molar-refractivity contribution in [2.24, 2.45) is 0 Å². The first-order chi connectivity index (χ1) is 8.79. The van der Waals surface area contributed by atoms with Crippen molar-refractivity contribution >= 4 is 27.9 Å². The summed E-state index contributed by atoms with van der Waals surface area (Å²) in [5.41, 5.74) is 2.19. The minimum atomic E-state index is 0.143. The molecule has 5 heteroatoms. The lowest BCUT2D eigenvalue weighted by Gasteiger charge is -2.04. The van der Waals surface area contributed by atoms with Gasteiger partial charge in [-0.15, -0.1) is 11.3 Å². The molecule has 0 fully saturated rings. The first-order valence-electron chi connectivity index (χ1n) is 5.61. The number of nitrogens with zero attached hydrogens (tertiary/aromatic N) is 2. The van der Waals surface area contributed by atoms with Crippen LogP contribution in [-0.4, -0.2) is 21.1 Å². The zero-order chi connectivity index (χ0) is 12.5. The summed E-state index contributed by atoms with van der Waals surface area (Å²) in [5, 5.41) is 9.88. The zero-order valence-electron chi connectivity index (χ0n) is 9.51. The maximum Gasteiger partial charge on any atom is 0.194 e. The Morgan fingerprint density at radius 2 is 2.06 bits per heavy atom. The van der Waals surface area contributed by atoms with Crippen LogP contribution in [0.4, 0.5) is 0 Å². The molecule has 3 aromatic rings. The van der Waals surface area contributed by atoms with E-state index in [1.165, 1.54) is 0 Å². The number of imidazole rings is 1. The van der Waals surface area contributed by atoms with Crippen LogP contribution in [0.2, 0.25) is 5.02 Å². The van der Waals surface area contributed by atoms with Gasteiger partial charge in [0.15, 0.2) is 4.96 Å². The Kier molecular flexibility index (Phi) is 3.07. The van der Waals surface area contributed by atoms with E-state index in [1.54, 1.807) is 17.5 Å².